The molecule has 0 aromatic carbocycles. The summed E-state index contributed by atoms with van der Waals surface area (Å²) in [7, 11) is 0. The van der Waals surface area contributed by atoms with Crippen LogP contribution >= 0.6 is 0 Å². The number of hydrogen-bond donors (Lipinski definition) is 1. The van der Waals surface area contributed by atoms with E-state index in [9.17, 15) is 4.79 Å². The number of aryl methyl sites for hydroxylation is 2. The minimum absolute atomic E-state index is 0.0302. The molecule has 2 aromatic heterocycles. The first-order chi connectivity index (χ1) is 8.58. The van der Waals surface area contributed by atoms with Crippen molar-refractivity contribution in [2.24, 2.45) is 0 Å². The highest BCUT2D eigenvalue weighted by molar-refractivity contribution is 5.44. The van der Waals surface area contributed by atoms with Crippen molar-refractivity contribution >= 4 is 5.52 Å². The first-order valence-corrected chi connectivity index (χ1v) is 6.37. The van der Waals surface area contributed by atoms with Gasteiger partial charge in [-0.15, -0.1) is 0 Å². The monoisotopic (exact) mass is 248 g/mol. The molecule has 0 aliphatic carbocycles. The van der Waals surface area contributed by atoms with Gasteiger partial charge in [0.2, 0.25) is 0 Å². The van der Waals surface area contributed by atoms with Crippen LogP contribution in [0.5, 0.6) is 0 Å². The third kappa shape index (κ3) is 2.79. The van der Waals surface area contributed by atoms with E-state index in [2.05, 4.69) is 24.3 Å². The molecule has 2 heterocycles. The first kappa shape index (κ1) is 12.8. The Morgan fingerprint density at radius 2 is 2.17 bits per heavy atom. The van der Waals surface area contributed by atoms with Crippen LogP contribution in [0.4, 0.5) is 0 Å². The molecule has 0 radical (unpaired) electrons. The van der Waals surface area contributed by atoms with Crippen LogP contribution < -0.4 is 10.9 Å². The molecular formula is C13H20N4O. The lowest BCUT2D eigenvalue weighted by molar-refractivity contribution is 0.529. The van der Waals surface area contributed by atoms with Gasteiger partial charge in [0.15, 0.2) is 0 Å². The van der Waals surface area contributed by atoms with Crippen LogP contribution in [0.2, 0.25) is 0 Å². The fourth-order valence-electron chi connectivity index (χ4n) is 1.96. The average Bonchev–Trinajstić information content (AvgIpc) is 2.68. The highest BCUT2D eigenvalue weighted by Crippen LogP contribution is 2.00. The number of hydrogen-bond acceptors (Lipinski definition) is 3. The molecule has 0 unspecified atom stereocenters. The fourth-order valence-corrected chi connectivity index (χ4v) is 1.96. The topological polar surface area (TPSA) is 51.3 Å². The minimum atomic E-state index is 0.0302. The Bertz CT molecular complexity index is 582. The van der Waals surface area contributed by atoms with E-state index in [0.29, 0.717) is 11.6 Å². The van der Waals surface area contributed by atoms with Gasteiger partial charge in [-0.05, 0) is 26.0 Å². The Morgan fingerprint density at radius 3 is 2.89 bits per heavy atom. The van der Waals surface area contributed by atoms with Crippen LogP contribution in [0, 0.1) is 6.92 Å². The van der Waals surface area contributed by atoms with Crippen molar-refractivity contribution in [3.05, 3.63) is 34.5 Å². The highest BCUT2D eigenvalue weighted by Gasteiger charge is 2.04. The lowest BCUT2D eigenvalue weighted by atomic mass is 10.3. The van der Waals surface area contributed by atoms with Gasteiger partial charge >= 0.3 is 0 Å². The van der Waals surface area contributed by atoms with Crippen LogP contribution in [0.3, 0.4) is 0 Å². The number of fused-ring (bicyclic) bond motifs is 1. The van der Waals surface area contributed by atoms with Crippen LogP contribution in [-0.4, -0.2) is 26.8 Å². The molecular weight excluding hydrogens is 228 g/mol. The van der Waals surface area contributed by atoms with E-state index in [-0.39, 0.29) is 5.56 Å². The van der Waals surface area contributed by atoms with Gasteiger partial charge in [0, 0.05) is 25.0 Å². The predicted octanol–water partition coefficient (Wildman–Crippen LogP) is 1.19. The second kappa shape index (κ2) is 5.35. The normalized spacial score (nSPS) is 11.6. The summed E-state index contributed by atoms with van der Waals surface area (Å²) in [5.74, 6) is 0. The Balaban J connectivity index is 2.09. The van der Waals surface area contributed by atoms with Gasteiger partial charge < -0.3 is 9.88 Å². The Hall–Kier alpha value is -1.62. The van der Waals surface area contributed by atoms with E-state index in [4.69, 9.17) is 0 Å². The number of aromatic nitrogens is 3. The third-order valence-electron chi connectivity index (χ3n) is 2.85. The molecule has 0 amide bonds. The first-order valence-electron chi connectivity index (χ1n) is 6.37. The van der Waals surface area contributed by atoms with E-state index in [0.717, 1.165) is 25.2 Å². The zero-order chi connectivity index (χ0) is 13.1. The maximum atomic E-state index is 12.2. The Morgan fingerprint density at radius 1 is 1.39 bits per heavy atom. The molecule has 0 spiro atoms. The van der Waals surface area contributed by atoms with E-state index >= 15 is 0 Å². The summed E-state index contributed by atoms with van der Waals surface area (Å²) in [4.78, 5) is 12.2. The maximum absolute atomic E-state index is 12.2. The van der Waals surface area contributed by atoms with Crippen LogP contribution in [-0.2, 0) is 6.54 Å². The summed E-state index contributed by atoms with van der Waals surface area (Å²) in [5.41, 5.74) is 1.54. The van der Waals surface area contributed by atoms with Crippen molar-refractivity contribution in [1.29, 1.82) is 0 Å². The summed E-state index contributed by atoms with van der Waals surface area (Å²) < 4.78 is 3.39. The lowest BCUT2D eigenvalue weighted by Gasteiger charge is -2.09. The van der Waals surface area contributed by atoms with Crippen LogP contribution in [0.15, 0.2) is 23.3 Å². The molecule has 0 aliphatic heterocycles. The lowest BCUT2D eigenvalue weighted by Crippen LogP contribution is -2.27. The average molecular weight is 248 g/mol. The molecule has 0 saturated carbocycles. The molecule has 0 aliphatic rings. The van der Waals surface area contributed by atoms with Crippen molar-refractivity contribution in [2.75, 3.05) is 6.54 Å². The SMILES string of the molecule is Cc1cc2c(=O)n(CCCNC(C)C)ccn2n1. The van der Waals surface area contributed by atoms with Gasteiger partial charge in [-0.2, -0.15) is 5.10 Å². The number of nitrogens with one attached hydrogen (secondary N) is 1. The summed E-state index contributed by atoms with van der Waals surface area (Å²) in [6, 6.07) is 2.31. The molecule has 98 valence electrons. The second-order valence-electron chi connectivity index (χ2n) is 4.87. The molecule has 2 aromatic rings. The van der Waals surface area contributed by atoms with Crippen molar-refractivity contribution in [3.63, 3.8) is 0 Å². The minimum Gasteiger partial charge on any atom is -0.314 e. The quantitative estimate of drug-likeness (QED) is 0.809. The molecule has 0 atom stereocenters. The van der Waals surface area contributed by atoms with Gasteiger partial charge in [-0.1, -0.05) is 13.8 Å². The van der Waals surface area contributed by atoms with Crippen molar-refractivity contribution in [1.82, 2.24) is 19.5 Å². The molecule has 1 N–H and O–H groups in total. The van der Waals surface area contributed by atoms with Crippen molar-refractivity contribution in [2.45, 2.75) is 39.8 Å². The van der Waals surface area contributed by atoms with E-state index in [1.165, 1.54) is 0 Å². The molecule has 5 nitrogen and oxygen atoms in total. The number of rotatable bonds is 5. The summed E-state index contributed by atoms with van der Waals surface area (Å²) in [5, 5.41) is 7.57. The summed E-state index contributed by atoms with van der Waals surface area (Å²) >= 11 is 0. The molecule has 5 heteroatoms. The van der Waals surface area contributed by atoms with Crippen molar-refractivity contribution < 1.29 is 0 Å². The number of nitrogens with zero attached hydrogens (tertiary/aromatic N) is 3. The largest absolute Gasteiger partial charge is 0.314 e. The Kier molecular flexibility index (Phi) is 3.81. The van der Waals surface area contributed by atoms with Gasteiger partial charge in [-0.25, -0.2) is 4.52 Å². The van der Waals surface area contributed by atoms with Crippen molar-refractivity contribution in [3.8, 4) is 0 Å². The second-order valence-corrected chi connectivity index (χ2v) is 4.87. The standard InChI is InChI=1S/C13H20N4O/c1-10(2)14-5-4-6-16-7-8-17-12(13(16)18)9-11(3)15-17/h7-10,14H,4-6H2,1-3H3. The Labute approximate surface area is 106 Å². The molecule has 0 saturated heterocycles. The van der Waals surface area contributed by atoms with E-state index in [1.54, 1.807) is 15.3 Å². The summed E-state index contributed by atoms with van der Waals surface area (Å²) in [6.45, 7) is 7.79. The third-order valence-corrected chi connectivity index (χ3v) is 2.85. The van der Waals surface area contributed by atoms with Gasteiger partial charge in [0.05, 0.1) is 5.69 Å². The molecule has 0 bridgehead atoms. The molecule has 2 rings (SSSR count). The van der Waals surface area contributed by atoms with E-state index in [1.807, 2.05) is 19.2 Å². The zero-order valence-electron chi connectivity index (χ0n) is 11.2. The van der Waals surface area contributed by atoms with Gasteiger partial charge in [0.1, 0.15) is 5.52 Å². The van der Waals surface area contributed by atoms with Gasteiger partial charge in [-0.3, -0.25) is 4.79 Å². The van der Waals surface area contributed by atoms with Gasteiger partial charge in [0.25, 0.3) is 5.56 Å². The van der Waals surface area contributed by atoms with Crippen LogP contribution in [0.25, 0.3) is 5.52 Å². The zero-order valence-corrected chi connectivity index (χ0v) is 11.2. The fraction of sp³-hybridized carbons (Fsp3) is 0.538. The van der Waals surface area contributed by atoms with E-state index < -0.39 is 0 Å². The highest BCUT2D eigenvalue weighted by atomic mass is 16.1. The van der Waals surface area contributed by atoms with Crippen LogP contribution in [0.1, 0.15) is 26.0 Å². The maximum Gasteiger partial charge on any atom is 0.276 e. The predicted molar refractivity (Wildman–Crippen MR) is 71.9 cm³/mol. The summed E-state index contributed by atoms with van der Waals surface area (Å²) in [6.07, 6.45) is 4.58. The smallest absolute Gasteiger partial charge is 0.276 e. The molecule has 0 fully saturated rings. The molecule has 18 heavy (non-hydrogen) atoms.